The zero-order valence-corrected chi connectivity index (χ0v) is 13.5. The summed E-state index contributed by atoms with van der Waals surface area (Å²) in [6.45, 7) is 1.37. The fraction of sp³-hybridized carbons (Fsp3) is 0.143. The van der Waals surface area contributed by atoms with Crippen molar-refractivity contribution in [2.45, 2.75) is 19.8 Å². The Kier molecular flexibility index (Phi) is 4.71. The van der Waals surface area contributed by atoms with Gasteiger partial charge in [-0.15, -0.1) is 0 Å². The number of fused-ring (bicyclic) bond motifs is 1. The minimum absolute atomic E-state index is 0.131. The number of Topliss-reactive ketones (excluding diaryl/α,β-unsaturated/α-hetero) is 1. The molecule has 0 bridgehead atoms. The van der Waals surface area contributed by atoms with E-state index in [9.17, 15) is 9.59 Å². The first-order valence-electron chi connectivity index (χ1n) is 7.87. The number of rotatable bonds is 5. The second kappa shape index (κ2) is 7.09. The summed E-state index contributed by atoms with van der Waals surface area (Å²) in [6, 6.07) is 21.1. The first-order valence-corrected chi connectivity index (χ1v) is 7.87. The molecule has 0 saturated carbocycles. The van der Waals surface area contributed by atoms with Gasteiger partial charge in [-0.25, -0.2) is 0 Å². The van der Waals surface area contributed by atoms with Crippen LogP contribution in [0.1, 0.15) is 18.1 Å². The third kappa shape index (κ3) is 3.87. The van der Waals surface area contributed by atoms with Crippen molar-refractivity contribution in [1.29, 1.82) is 0 Å². The molecule has 0 atom stereocenters. The van der Waals surface area contributed by atoms with E-state index >= 15 is 0 Å². The second-order valence-corrected chi connectivity index (χ2v) is 5.78. The van der Waals surface area contributed by atoms with Crippen LogP contribution >= 0.6 is 0 Å². The standard InChI is InChI=1S/C21H18O3/c1-15(22)24-20-13-17-9-5-6-10-21(17)18(14-20)12-19(23)11-16-7-3-2-4-8-16/h2-10,13-14H,11-12H2,1H3. The van der Waals surface area contributed by atoms with E-state index in [1.54, 1.807) is 6.07 Å². The van der Waals surface area contributed by atoms with Crippen molar-refractivity contribution in [1.82, 2.24) is 0 Å². The Bertz CT molecular complexity index is 882. The van der Waals surface area contributed by atoms with E-state index in [2.05, 4.69) is 0 Å². The summed E-state index contributed by atoms with van der Waals surface area (Å²) in [6.07, 6.45) is 0.706. The third-order valence-corrected chi connectivity index (χ3v) is 3.81. The second-order valence-electron chi connectivity index (χ2n) is 5.78. The molecule has 0 aliphatic rings. The monoisotopic (exact) mass is 318 g/mol. The molecule has 24 heavy (non-hydrogen) atoms. The third-order valence-electron chi connectivity index (χ3n) is 3.81. The van der Waals surface area contributed by atoms with Crippen LogP contribution in [0.3, 0.4) is 0 Å². The van der Waals surface area contributed by atoms with Gasteiger partial charge in [0.1, 0.15) is 11.5 Å². The zero-order chi connectivity index (χ0) is 16.9. The smallest absolute Gasteiger partial charge is 0.308 e. The Morgan fingerprint density at radius 1 is 0.875 bits per heavy atom. The van der Waals surface area contributed by atoms with Crippen LogP contribution in [0.15, 0.2) is 66.7 Å². The fourth-order valence-electron chi connectivity index (χ4n) is 2.83. The molecular formula is C21H18O3. The number of hydrogen-bond acceptors (Lipinski definition) is 3. The Morgan fingerprint density at radius 2 is 1.58 bits per heavy atom. The number of esters is 1. The van der Waals surface area contributed by atoms with Gasteiger partial charge in [0.2, 0.25) is 0 Å². The molecule has 0 fully saturated rings. The predicted octanol–water partition coefficient (Wildman–Crippen LogP) is 4.12. The summed E-state index contributed by atoms with van der Waals surface area (Å²) in [5, 5.41) is 1.97. The van der Waals surface area contributed by atoms with Crippen LogP contribution in [0.5, 0.6) is 5.75 Å². The number of ether oxygens (including phenoxy) is 1. The number of ketones is 1. The van der Waals surface area contributed by atoms with Crippen molar-refractivity contribution < 1.29 is 14.3 Å². The maximum absolute atomic E-state index is 12.5. The summed E-state index contributed by atoms with van der Waals surface area (Å²) in [4.78, 5) is 23.7. The van der Waals surface area contributed by atoms with E-state index in [0.29, 0.717) is 18.6 Å². The molecule has 0 saturated heterocycles. The first kappa shape index (κ1) is 15.9. The van der Waals surface area contributed by atoms with Gasteiger partial charge in [-0.05, 0) is 34.0 Å². The molecule has 0 heterocycles. The molecule has 0 N–H and O–H groups in total. The van der Waals surface area contributed by atoms with Crippen molar-refractivity contribution >= 4 is 22.5 Å². The lowest BCUT2D eigenvalue weighted by atomic mass is 9.97. The first-order chi connectivity index (χ1) is 11.6. The molecule has 3 aromatic carbocycles. The molecule has 3 rings (SSSR count). The highest BCUT2D eigenvalue weighted by Crippen LogP contribution is 2.26. The lowest BCUT2D eigenvalue weighted by Gasteiger charge is -2.10. The summed E-state index contributed by atoms with van der Waals surface area (Å²) in [5.41, 5.74) is 1.88. The quantitative estimate of drug-likeness (QED) is 0.525. The van der Waals surface area contributed by atoms with E-state index in [1.807, 2.05) is 60.7 Å². The molecular weight excluding hydrogens is 300 g/mol. The summed E-state index contributed by atoms with van der Waals surface area (Å²) in [5.74, 6) is 0.238. The van der Waals surface area contributed by atoms with Crippen molar-refractivity contribution in [2.75, 3.05) is 0 Å². The summed E-state index contributed by atoms with van der Waals surface area (Å²) in [7, 11) is 0. The van der Waals surface area contributed by atoms with Crippen LogP contribution in [-0.2, 0) is 22.4 Å². The van der Waals surface area contributed by atoms with E-state index in [4.69, 9.17) is 4.74 Å². The Morgan fingerprint density at radius 3 is 2.33 bits per heavy atom. The van der Waals surface area contributed by atoms with E-state index < -0.39 is 0 Å². The minimum atomic E-state index is -0.369. The minimum Gasteiger partial charge on any atom is -0.427 e. The predicted molar refractivity (Wildman–Crippen MR) is 94.1 cm³/mol. The van der Waals surface area contributed by atoms with Gasteiger partial charge < -0.3 is 4.74 Å². The summed E-state index contributed by atoms with van der Waals surface area (Å²) >= 11 is 0. The molecule has 0 aliphatic heterocycles. The molecule has 3 nitrogen and oxygen atoms in total. The molecule has 0 unspecified atom stereocenters. The number of carbonyl (C=O) groups excluding carboxylic acids is 2. The van der Waals surface area contributed by atoms with Crippen molar-refractivity contribution in [3.63, 3.8) is 0 Å². The van der Waals surface area contributed by atoms with Gasteiger partial charge in [0.25, 0.3) is 0 Å². The fourth-order valence-corrected chi connectivity index (χ4v) is 2.83. The van der Waals surface area contributed by atoms with Crippen molar-refractivity contribution in [2.24, 2.45) is 0 Å². The average molecular weight is 318 g/mol. The Hall–Kier alpha value is -2.94. The van der Waals surface area contributed by atoms with Crippen LogP contribution < -0.4 is 4.74 Å². The average Bonchev–Trinajstić information content (AvgIpc) is 2.55. The topological polar surface area (TPSA) is 43.4 Å². The normalized spacial score (nSPS) is 10.5. The lowest BCUT2D eigenvalue weighted by molar-refractivity contribution is -0.131. The SMILES string of the molecule is CC(=O)Oc1cc(CC(=O)Cc2ccccc2)c2ccccc2c1. The van der Waals surface area contributed by atoms with Crippen LogP contribution in [0.2, 0.25) is 0 Å². The highest BCUT2D eigenvalue weighted by Gasteiger charge is 2.11. The molecule has 0 aliphatic carbocycles. The Balaban J connectivity index is 1.89. The van der Waals surface area contributed by atoms with Gasteiger partial charge in [0.15, 0.2) is 0 Å². The molecule has 3 aromatic rings. The molecule has 3 heteroatoms. The van der Waals surface area contributed by atoms with Gasteiger partial charge in [0, 0.05) is 19.8 Å². The van der Waals surface area contributed by atoms with E-state index in [1.165, 1.54) is 6.92 Å². The summed E-state index contributed by atoms with van der Waals surface area (Å²) < 4.78 is 5.21. The number of carbonyl (C=O) groups is 2. The van der Waals surface area contributed by atoms with Crippen molar-refractivity contribution in [3.8, 4) is 5.75 Å². The van der Waals surface area contributed by atoms with Crippen LogP contribution in [0, 0.1) is 0 Å². The highest BCUT2D eigenvalue weighted by molar-refractivity contribution is 5.93. The van der Waals surface area contributed by atoms with Crippen LogP contribution in [0.4, 0.5) is 0 Å². The highest BCUT2D eigenvalue weighted by atomic mass is 16.5. The van der Waals surface area contributed by atoms with Gasteiger partial charge in [0.05, 0.1) is 0 Å². The molecule has 120 valence electrons. The molecule has 0 spiro atoms. The van der Waals surface area contributed by atoms with Gasteiger partial charge in [-0.2, -0.15) is 0 Å². The largest absolute Gasteiger partial charge is 0.427 e. The maximum atomic E-state index is 12.5. The van der Waals surface area contributed by atoms with Gasteiger partial charge in [-0.1, -0.05) is 54.6 Å². The zero-order valence-electron chi connectivity index (χ0n) is 13.5. The maximum Gasteiger partial charge on any atom is 0.308 e. The molecule has 0 aromatic heterocycles. The number of benzene rings is 3. The van der Waals surface area contributed by atoms with Crippen molar-refractivity contribution in [3.05, 3.63) is 77.9 Å². The van der Waals surface area contributed by atoms with E-state index in [-0.39, 0.29) is 11.8 Å². The van der Waals surface area contributed by atoms with Gasteiger partial charge in [-0.3, -0.25) is 9.59 Å². The lowest BCUT2D eigenvalue weighted by Crippen LogP contribution is -2.08. The number of hydrogen-bond donors (Lipinski definition) is 0. The van der Waals surface area contributed by atoms with Crippen LogP contribution in [0.25, 0.3) is 10.8 Å². The van der Waals surface area contributed by atoms with Crippen LogP contribution in [-0.4, -0.2) is 11.8 Å². The molecule has 0 radical (unpaired) electrons. The van der Waals surface area contributed by atoms with Gasteiger partial charge >= 0.3 is 5.97 Å². The van der Waals surface area contributed by atoms with E-state index in [0.717, 1.165) is 21.9 Å². The Labute approximate surface area is 140 Å². The molecule has 0 amide bonds.